The van der Waals surface area contributed by atoms with E-state index in [1.54, 1.807) is 0 Å². The van der Waals surface area contributed by atoms with Gasteiger partial charge >= 0.3 is 5.97 Å². The average Bonchev–Trinajstić information content (AvgIpc) is 2.20. The molecule has 0 saturated carbocycles. The number of rotatable bonds is 2. The van der Waals surface area contributed by atoms with Gasteiger partial charge in [-0.2, -0.15) is 0 Å². The molecule has 0 aromatic heterocycles. The molecule has 0 aliphatic carbocycles. The van der Waals surface area contributed by atoms with Crippen LogP contribution in [0.15, 0.2) is 12.1 Å². The van der Waals surface area contributed by atoms with Crippen LogP contribution in [-0.4, -0.2) is 23.3 Å². The largest absolute Gasteiger partial charge is 0.504 e. The van der Waals surface area contributed by atoms with Crippen LogP contribution in [0.5, 0.6) is 5.75 Å². The van der Waals surface area contributed by atoms with Gasteiger partial charge in [0.2, 0.25) is 0 Å². The van der Waals surface area contributed by atoms with Crippen molar-refractivity contribution in [3.05, 3.63) is 29.1 Å². The van der Waals surface area contributed by atoms with Crippen LogP contribution < -0.4 is 0 Å². The Morgan fingerprint density at radius 1 is 1.57 bits per heavy atom. The molecule has 1 aromatic rings. The zero-order valence-electron chi connectivity index (χ0n) is 7.45. The number of benzene rings is 1. The van der Waals surface area contributed by atoms with E-state index in [1.807, 2.05) is 0 Å². The van der Waals surface area contributed by atoms with Gasteiger partial charge in [-0.15, -0.1) is 0 Å². The minimum absolute atomic E-state index is 0.195. The topological polar surface area (TPSA) is 66.8 Å². The number of phenolic OH excluding ortho intramolecular Hbond substituents is 1. The van der Waals surface area contributed by atoms with Crippen molar-refractivity contribution in [2.24, 2.45) is 0 Å². The molecule has 76 valence electrons. The van der Waals surface area contributed by atoms with Crippen LogP contribution in [0.1, 0.15) is 15.9 Å². The van der Waals surface area contributed by atoms with Crippen LogP contribution in [-0.2, 0) is 11.3 Å². The minimum atomic E-state index is -0.961. The molecule has 5 heteroatoms. The monoisotopic (exact) mass is 200 g/mol. The number of hydrogen-bond donors (Lipinski definition) is 2. The van der Waals surface area contributed by atoms with Gasteiger partial charge in [-0.25, -0.2) is 9.18 Å². The van der Waals surface area contributed by atoms with Gasteiger partial charge in [0.1, 0.15) is 5.56 Å². The van der Waals surface area contributed by atoms with E-state index < -0.39 is 24.1 Å². The Kier molecular flexibility index (Phi) is 3.03. The van der Waals surface area contributed by atoms with Crippen molar-refractivity contribution in [1.82, 2.24) is 0 Å². The fourth-order valence-electron chi connectivity index (χ4n) is 1.01. The Morgan fingerprint density at radius 2 is 2.21 bits per heavy atom. The maximum absolute atomic E-state index is 13.0. The van der Waals surface area contributed by atoms with Gasteiger partial charge in [0.25, 0.3) is 0 Å². The molecule has 1 rings (SSSR count). The third-order valence-electron chi connectivity index (χ3n) is 1.71. The second-order valence-corrected chi connectivity index (χ2v) is 2.62. The number of aliphatic hydroxyl groups excluding tert-OH is 1. The van der Waals surface area contributed by atoms with Crippen LogP contribution in [0, 0.1) is 5.82 Å². The van der Waals surface area contributed by atoms with Crippen molar-refractivity contribution in [3.63, 3.8) is 0 Å². The van der Waals surface area contributed by atoms with E-state index in [9.17, 15) is 9.18 Å². The summed E-state index contributed by atoms with van der Waals surface area (Å²) in [5.74, 6) is -2.58. The maximum atomic E-state index is 13.0. The summed E-state index contributed by atoms with van der Waals surface area (Å²) in [5, 5.41) is 17.9. The van der Waals surface area contributed by atoms with Crippen molar-refractivity contribution < 1.29 is 24.1 Å². The zero-order chi connectivity index (χ0) is 10.7. The number of hydrogen-bond acceptors (Lipinski definition) is 4. The average molecular weight is 200 g/mol. The van der Waals surface area contributed by atoms with Crippen LogP contribution >= 0.6 is 0 Å². The molecule has 0 amide bonds. The highest BCUT2D eigenvalue weighted by Gasteiger charge is 2.16. The van der Waals surface area contributed by atoms with E-state index in [2.05, 4.69) is 4.74 Å². The van der Waals surface area contributed by atoms with Gasteiger partial charge in [-0.1, -0.05) is 0 Å². The van der Waals surface area contributed by atoms with E-state index in [-0.39, 0.29) is 11.1 Å². The number of carbonyl (C=O) groups excluding carboxylic acids is 1. The molecule has 0 atom stereocenters. The molecule has 0 saturated heterocycles. The molecule has 0 heterocycles. The number of esters is 1. The Labute approximate surface area is 79.6 Å². The lowest BCUT2D eigenvalue weighted by Crippen LogP contribution is -2.04. The first kappa shape index (κ1) is 10.5. The van der Waals surface area contributed by atoms with E-state index in [1.165, 1.54) is 6.07 Å². The predicted molar refractivity (Wildman–Crippen MR) is 45.3 cm³/mol. The van der Waals surface area contributed by atoms with Crippen molar-refractivity contribution in [2.75, 3.05) is 7.11 Å². The predicted octanol–water partition coefficient (Wildman–Crippen LogP) is 0.810. The van der Waals surface area contributed by atoms with Gasteiger partial charge in [0, 0.05) is 0 Å². The second-order valence-electron chi connectivity index (χ2n) is 2.62. The summed E-state index contributed by atoms with van der Waals surface area (Å²) in [6.07, 6.45) is 0. The molecule has 4 nitrogen and oxygen atoms in total. The summed E-state index contributed by atoms with van der Waals surface area (Å²) in [4.78, 5) is 11.0. The van der Waals surface area contributed by atoms with Gasteiger partial charge in [-0.05, 0) is 17.7 Å². The number of aliphatic hydroxyl groups is 1. The summed E-state index contributed by atoms with van der Waals surface area (Å²) >= 11 is 0. The van der Waals surface area contributed by atoms with Crippen molar-refractivity contribution >= 4 is 5.97 Å². The van der Waals surface area contributed by atoms with Crippen molar-refractivity contribution in [1.29, 1.82) is 0 Å². The molecular formula is C9H9FO4. The third-order valence-corrected chi connectivity index (χ3v) is 1.71. The number of methoxy groups -OCH3 is 1. The number of phenols is 1. The van der Waals surface area contributed by atoms with Gasteiger partial charge in [0.05, 0.1) is 13.7 Å². The van der Waals surface area contributed by atoms with Crippen LogP contribution in [0.4, 0.5) is 4.39 Å². The van der Waals surface area contributed by atoms with Crippen LogP contribution in [0.25, 0.3) is 0 Å². The highest BCUT2D eigenvalue weighted by molar-refractivity contribution is 5.92. The summed E-state index contributed by atoms with van der Waals surface area (Å²) in [7, 11) is 1.12. The normalized spacial score (nSPS) is 9.93. The smallest absolute Gasteiger partial charge is 0.341 e. The first-order chi connectivity index (χ1) is 6.60. The highest BCUT2D eigenvalue weighted by atomic mass is 19.1. The van der Waals surface area contributed by atoms with E-state index >= 15 is 0 Å². The lowest BCUT2D eigenvalue weighted by atomic mass is 10.1. The fraction of sp³-hybridized carbons (Fsp3) is 0.222. The Balaban J connectivity index is 3.27. The van der Waals surface area contributed by atoms with E-state index in [0.29, 0.717) is 0 Å². The molecular weight excluding hydrogens is 191 g/mol. The van der Waals surface area contributed by atoms with Crippen LogP contribution in [0.3, 0.4) is 0 Å². The molecule has 0 aliphatic heterocycles. The zero-order valence-corrected chi connectivity index (χ0v) is 7.45. The minimum Gasteiger partial charge on any atom is -0.504 e. The molecule has 0 spiro atoms. The maximum Gasteiger partial charge on any atom is 0.341 e. The summed E-state index contributed by atoms with van der Waals surface area (Å²) in [6.45, 7) is -0.415. The summed E-state index contributed by atoms with van der Waals surface area (Å²) in [6, 6.07) is 2.12. The molecule has 0 fully saturated rings. The summed E-state index contributed by atoms with van der Waals surface area (Å²) < 4.78 is 17.3. The first-order valence-electron chi connectivity index (χ1n) is 3.80. The number of halogens is 1. The quantitative estimate of drug-likeness (QED) is 0.693. The molecule has 0 radical (unpaired) electrons. The lowest BCUT2D eigenvalue weighted by molar-refractivity contribution is 0.0596. The van der Waals surface area contributed by atoms with E-state index in [0.717, 1.165) is 13.2 Å². The molecule has 0 aliphatic rings. The second kappa shape index (κ2) is 4.06. The molecule has 1 aromatic carbocycles. The highest BCUT2D eigenvalue weighted by Crippen LogP contribution is 2.23. The van der Waals surface area contributed by atoms with Crippen molar-refractivity contribution in [3.8, 4) is 5.75 Å². The molecule has 2 N–H and O–H groups in total. The Bertz CT molecular complexity index is 362. The van der Waals surface area contributed by atoms with Crippen LogP contribution in [0.2, 0.25) is 0 Å². The fourth-order valence-corrected chi connectivity index (χ4v) is 1.01. The lowest BCUT2D eigenvalue weighted by Gasteiger charge is -2.05. The Morgan fingerprint density at radius 3 is 2.71 bits per heavy atom. The first-order valence-corrected chi connectivity index (χ1v) is 3.80. The molecule has 0 unspecified atom stereocenters. The number of aromatic hydroxyl groups is 1. The standard InChI is InChI=1S/C9H9FO4/c1-14-9(13)6-2-5(4-11)3-7(10)8(6)12/h2-3,11-12H,4H2,1H3. The van der Waals surface area contributed by atoms with E-state index in [4.69, 9.17) is 10.2 Å². The number of ether oxygens (including phenoxy) is 1. The van der Waals surface area contributed by atoms with Gasteiger partial charge < -0.3 is 14.9 Å². The van der Waals surface area contributed by atoms with Crippen molar-refractivity contribution in [2.45, 2.75) is 6.61 Å². The number of carbonyl (C=O) groups is 1. The van der Waals surface area contributed by atoms with Gasteiger partial charge in [0.15, 0.2) is 11.6 Å². The third kappa shape index (κ3) is 1.82. The Hall–Kier alpha value is -1.62. The molecule has 0 bridgehead atoms. The summed E-state index contributed by atoms with van der Waals surface area (Å²) in [5.41, 5.74) is -0.0998. The molecule has 14 heavy (non-hydrogen) atoms. The SMILES string of the molecule is COC(=O)c1cc(CO)cc(F)c1O. The van der Waals surface area contributed by atoms with Gasteiger partial charge in [-0.3, -0.25) is 0 Å².